The van der Waals surface area contributed by atoms with E-state index in [2.05, 4.69) is 5.10 Å². The molecule has 0 aliphatic rings. The van der Waals surface area contributed by atoms with Crippen molar-refractivity contribution in [3.8, 4) is 0 Å². The Labute approximate surface area is 81.3 Å². The second-order valence-electron chi connectivity index (χ2n) is 3.98. The Bertz CT molecular complexity index is 374. The van der Waals surface area contributed by atoms with Crippen LogP contribution in [0.2, 0.25) is 0 Å². The Balaban J connectivity index is 3.00. The lowest BCUT2D eigenvalue weighted by Crippen LogP contribution is -2.22. The molecule has 1 heterocycles. The molecule has 0 amide bonds. The standard InChI is InChI=1S/C9H12N2O3/c1-9(2,3)11-5-6(4-10-11)7(12)8(13)14/h4-5H,1-3H3,(H,13,14). The first-order valence-electron chi connectivity index (χ1n) is 4.15. The highest BCUT2D eigenvalue weighted by atomic mass is 16.4. The summed E-state index contributed by atoms with van der Waals surface area (Å²) in [4.78, 5) is 21.4. The van der Waals surface area contributed by atoms with Crippen molar-refractivity contribution in [1.29, 1.82) is 0 Å². The van der Waals surface area contributed by atoms with Crippen molar-refractivity contribution >= 4 is 11.8 Å². The van der Waals surface area contributed by atoms with Crippen LogP contribution in [0, 0.1) is 0 Å². The van der Waals surface area contributed by atoms with E-state index in [-0.39, 0.29) is 11.1 Å². The van der Waals surface area contributed by atoms with Crippen LogP contribution in [-0.2, 0) is 10.3 Å². The molecular weight excluding hydrogens is 184 g/mol. The van der Waals surface area contributed by atoms with Gasteiger partial charge in [0.05, 0.1) is 17.3 Å². The smallest absolute Gasteiger partial charge is 0.377 e. The zero-order valence-corrected chi connectivity index (χ0v) is 8.31. The third kappa shape index (κ3) is 1.99. The number of hydrogen-bond acceptors (Lipinski definition) is 3. The van der Waals surface area contributed by atoms with Crippen molar-refractivity contribution in [1.82, 2.24) is 9.78 Å². The topological polar surface area (TPSA) is 72.2 Å². The van der Waals surface area contributed by atoms with E-state index < -0.39 is 11.8 Å². The van der Waals surface area contributed by atoms with E-state index in [0.29, 0.717) is 0 Å². The summed E-state index contributed by atoms with van der Waals surface area (Å²) in [5.41, 5.74) is -0.149. The van der Waals surface area contributed by atoms with E-state index in [0.717, 1.165) is 0 Å². The number of ketones is 1. The van der Waals surface area contributed by atoms with Gasteiger partial charge in [-0.25, -0.2) is 4.79 Å². The van der Waals surface area contributed by atoms with Crippen molar-refractivity contribution in [3.63, 3.8) is 0 Å². The van der Waals surface area contributed by atoms with Crippen LogP contribution in [0.1, 0.15) is 31.1 Å². The summed E-state index contributed by atoms with van der Waals surface area (Å²) < 4.78 is 1.56. The monoisotopic (exact) mass is 196 g/mol. The number of carboxylic acids is 1. The fraction of sp³-hybridized carbons (Fsp3) is 0.444. The van der Waals surface area contributed by atoms with Crippen LogP contribution < -0.4 is 0 Å². The maximum atomic E-state index is 11.0. The molecule has 0 aliphatic heterocycles. The molecule has 1 aromatic rings. The molecule has 5 nitrogen and oxygen atoms in total. The third-order valence-corrected chi connectivity index (χ3v) is 1.73. The van der Waals surface area contributed by atoms with Gasteiger partial charge in [0.25, 0.3) is 5.78 Å². The molecule has 0 saturated heterocycles. The molecule has 1 rings (SSSR count). The van der Waals surface area contributed by atoms with Gasteiger partial charge >= 0.3 is 5.97 Å². The van der Waals surface area contributed by atoms with Gasteiger partial charge in [-0.15, -0.1) is 0 Å². The number of nitrogens with zero attached hydrogens (tertiary/aromatic N) is 2. The first-order valence-corrected chi connectivity index (χ1v) is 4.15. The van der Waals surface area contributed by atoms with Crippen LogP contribution in [0.15, 0.2) is 12.4 Å². The van der Waals surface area contributed by atoms with Gasteiger partial charge in [0.2, 0.25) is 0 Å². The lowest BCUT2D eigenvalue weighted by molar-refractivity contribution is -0.131. The molecule has 1 N–H and O–H groups in total. The van der Waals surface area contributed by atoms with Crippen LogP contribution in [0.25, 0.3) is 0 Å². The highest BCUT2D eigenvalue weighted by Gasteiger charge is 2.20. The van der Waals surface area contributed by atoms with E-state index in [4.69, 9.17) is 5.11 Å². The summed E-state index contributed by atoms with van der Waals surface area (Å²) in [6.45, 7) is 5.74. The molecule has 0 saturated carbocycles. The summed E-state index contributed by atoms with van der Waals surface area (Å²) in [6.07, 6.45) is 2.71. The van der Waals surface area contributed by atoms with Crippen molar-refractivity contribution in [3.05, 3.63) is 18.0 Å². The molecule has 0 fully saturated rings. The zero-order valence-electron chi connectivity index (χ0n) is 8.31. The van der Waals surface area contributed by atoms with E-state index in [1.165, 1.54) is 12.4 Å². The fourth-order valence-electron chi connectivity index (χ4n) is 0.930. The predicted octanol–water partition coefficient (Wildman–Crippen LogP) is 0.905. The summed E-state index contributed by atoms with van der Waals surface area (Å²) in [7, 11) is 0. The van der Waals surface area contributed by atoms with E-state index in [1.807, 2.05) is 20.8 Å². The van der Waals surface area contributed by atoms with Crippen LogP contribution in [0.4, 0.5) is 0 Å². The molecular formula is C9H12N2O3. The van der Waals surface area contributed by atoms with Crippen molar-refractivity contribution < 1.29 is 14.7 Å². The second kappa shape index (κ2) is 3.25. The third-order valence-electron chi connectivity index (χ3n) is 1.73. The first-order chi connectivity index (χ1) is 6.32. The van der Waals surface area contributed by atoms with Gasteiger partial charge in [0, 0.05) is 6.20 Å². The highest BCUT2D eigenvalue weighted by Crippen LogP contribution is 2.13. The number of Topliss-reactive ketones (excluding diaryl/α,β-unsaturated/α-hetero) is 1. The molecule has 0 aliphatic carbocycles. The number of carboxylic acid groups (broad SMARTS) is 1. The minimum absolute atomic E-state index is 0.104. The van der Waals surface area contributed by atoms with Crippen molar-refractivity contribution in [2.75, 3.05) is 0 Å². The number of rotatable bonds is 2. The van der Waals surface area contributed by atoms with Gasteiger partial charge in [-0.05, 0) is 20.8 Å². The highest BCUT2D eigenvalue weighted by molar-refractivity contribution is 6.39. The number of aliphatic carboxylic acids is 1. The second-order valence-corrected chi connectivity index (χ2v) is 3.98. The molecule has 0 atom stereocenters. The Morgan fingerprint density at radius 2 is 2.00 bits per heavy atom. The van der Waals surface area contributed by atoms with E-state index in [9.17, 15) is 9.59 Å². The average Bonchev–Trinajstić information content (AvgIpc) is 2.49. The summed E-state index contributed by atoms with van der Waals surface area (Å²) in [5, 5.41) is 12.4. The molecule has 0 aromatic carbocycles. The molecule has 1 aromatic heterocycles. The molecule has 14 heavy (non-hydrogen) atoms. The van der Waals surface area contributed by atoms with Crippen LogP contribution in [0.5, 0.6) is 0 Å². The van der Waals surface area contributed by atoms with Crippen molar-refractivity contribution in [2.24, 2.45) is 0 Å². The van der Waals surface area contributed by atoms with Crippen LogP contribution in [-0.4, -0.2) is 26.6 Å². The maximum Gasteiger partial charge on any atom is 0.377 e. The van der Waals surface area contributed by atoms with Gasteiger partial charge in [-0.2, -0.15) is 5.10 Å². The first kappa shape index (κ1) is 10.4. The van der Waals surface area contributed by atoms with Gasteiger partial charge < -0.3 is 5.11 Å². The Morgan fingerprint density at radius 1 is 1.43 bits per heavy atom. The Hall–Kier alpha value is -1.65. The lowest BCUT2D eigenvalue weighted by atomic mass is 10.1. The Morgan fingerprint density at radius 3 is 2.36 bits per heavy atom. The molecule has 0 unspecified atom stereocenters. The zero-order chi connectivity index (χ0) is 10.9. The summed E-state index contributed by atoms with van der Waals surface area (Å²) in [5.74, 6) is -2.39. The van der Waals surface area contributed by atoms with Crippen molar-refractivity contribution in [2.45, 2.75) is 26.3 Å². The molecule has 0 bridgehead atoms. The molecule has 76 valence electrons. The van der Waals surface area contributed by atoms with Gasteiger partial charge in [-0.1, -0.05) is 0 Å². The number of carbonyl (C=O) groups excluding carboxylic acids is 1. The largest absolute Gasteiger partial charge is 0.475 e. The normalized spacial score (nSPS) is 11.4. The molecule has 5 heteroatoms. The fourth-order valence-corrected chi connectivity index (χ4v) is 0.930. The lowest BCUT2D eigenvalue weighted by Gasteiger charge is -2.18. The number of carbonyl (C=O) groups is 2. The number of hydrogen-bond donors (Lipinski definition) is 1. The van der Waals surface area contributed by atoms with E-state index in [1.54, 1.807) is 4.68 Å². The maximum absolute atomic E-state index is 11.0. The van der Waals surface area contributed by atoms with Gasteiger partial charge in [0.15, 0.2) is 0 Å². The predicted molar refractivity (Wildman–Crippen MR) is 49.2 cm³/mol. The van der Waals surface area contributed by atoms with E-state index >= 15 is 0 Å². The van der Waals surface area contributed by atoms with Crippen LogP contribution >= 0.6 is 0 Å². The van der Waals surface area contributed by atoms with Gasteiger partial charge in [0.1, 0.15) is 0 Å². The average molecular weight is 196 g/mol. The minimum atomic E-state index is -1.46. The minimum Gasteiger partial charge on any atom is -0.475 e. The SMILES string of the molecule is CC(C)(C)n1cc(C(=O)C(=O)O)cn1. The summed E-state index contributed by atoms with van der Waals surface area (Å²) in [6, 6.07) is 0. The molecule has 0 spiro atoms. The quantitative estimate of drug-likeness (QED) is 0.563. The summed E-state index contributed by atoms with van der Waals surface area (Å²) >= 11 is 0. The number of aromatic nitrogens is 2. The Kier molecular flexibility index (Phi) is 2.42. The van der Waals surface area contributed by atoms with Crippen LogP contribution in [0.3, 0.4) is 0 Å². The molecule has 0 radical (unpaired) electrons. The van der Waals surface area contributed by atoms with Gasteiger partial charge in [-0.3, -0.25) is 9.48 Å².